The van der Waals surface area contributed by atoms with Crippen LogP contribution < -0.4 is 4.74 Å². The lowest BCUT2D eigenvalue weighted by Gasteiger charge is -2.30. The molecule has 0 N–H and O–H groups in total. The molecule has 0 radical (unpaired) electrons. The predicted molar refractivity (Wildman–Crippen MR) is 61.0 cm³/mol. The first-order valence-corrected chi connectivity index (χ1v) is 6.02. The van der Waals surface area contributed by atoms with Crippen LogP contribution in [0.1, 0.15) is 24.4 Å². The summed E-state index contributed by atoms with van der Waals surface area (Å²) >= 11 is 0. The van der Waals surface area contributed by atoms with E-state index in [1.54, 1.807) is 19.9 Å². The zero-order valence-corrected chi connectivity index (χ0v) is 10.7. The fraction of sp³-hybridized carbons (Fsp3) is 0.667. The van der Waals surface area contributed by atoms with Crippen molar-refractivity contribution in [1.29, 1.82) is 0 Å². The Balaban J connectivity index is 1.92. The maximum atomic E-state index is 12.4. The quantitative estimate of drug-likeness (QED) is 0.832. The third kappa shape index (κ3) is 3.79. The maximum Gasteiger partial charge on any atom is 0.414 e. The first kappa shape index (κ1) is 14.0. The molecule has 1 saturated heterocycles. The molecule has 0 saturated carbocycles. The second-order valence-corrected chi connectivity index (χ2v) is 4.58. The normalized spacial score (nSPS) is 24.3. The van der Waals surface area contributed by atoms with Gasteiger partial charge in [-0.1, -0.05) is 0 Å². The van der Waals surface area contributed by atoms with Gasteiger partial charge in [0.05, 0.1) is 6.61 Å². The predicted octanol–water partition coefficient (Wildman–Crippen LogP) is 2.58. The summed E-state index contributed by atoms with van der Waals surface area (Å²) in [5.74, 6) is 0.948. The molecular formula is C12H15F3N2O2. The highest BCUT2D eigenvalue weighted by Crippen LogP contribution is 2.30. The van der Waals surface area contributed by atoms with Gasteiger partial charge in [-0.3, -0.25) is 0 Å². The van der Waals surface area contributed by atoms with E-state index in [1.807, 2.05) is 0 Å². The Hall–Kier alpha value is -1.37. The smallest absolute Gasteiger partial charge is 0.414 e. The molecule has 1 aromatic rings. The molecule has 0 spiro atoms. The van der Waals surface area contributed by atoms with E-state index in [-0.39, 0.29) is 13.0 Å². The van der Waals surface area contributed by atoms with Gasteiger partial charge in [-0.05, 0) is 26.7 Å². The van der Waals surface area contributed by atoms with Gasteiger partial charge < -0.3 is 9.47 Å². The van der Waals surface area contributed by atoms with E-state index in [2.05, 4.69) is 9.97 Å². The number of rotatable bonds is 2. The average Bonchev–Trinajstić information content (AvgIpc) is 2.26. The van der Waals surface area contributed by atoms with Crippen LogP contribution in [0.5, 0.6) is 5.88 Å². The summed E-state index contributed by atoms with van der Waals surface area (Å²) in [7, 11) is 0. The monoisotopic (exact) mass is 276 g/mol. The second-order valence-electron chi connectivity index (χ2n) is 4.58. The van der Waals surface area contributed by atoms with Gasteiger partial charge in [0.25, 0.3) is 0 Å². The summed E-state index contributed by atoms with van der Waals surface area (Å²) in [6, 6.07) is 1.66. The Morgan fingerprint density at radius 2 is 2.00 bits per heavy atom. The van der Waals surface area contributed by atoms with Crippen molar-refractivity contribution in [2.75, 3.05) is 6.61 Å². The molecule has 1 fully saturated rings. The minimum Gasteiger partial charge on any atom is -0.472 e. The summed E-state index contributed by atoms with van der Waals surface area (Å²) in [5.41, 5.74) is 0.757. The highest BCUT2D eigenvalue weighted by atomic mass is 19.4. The Labute approximate surface area is 109 Å². The standard InChI is InChI=1S/C12H15F3N2O2/c1-7-5-11(17-8(2)16-7)19-9-3-4-10(18-6-9)12(13,14)15/h5,9-10H,3-4,6H2,1-2H3. The molecule has 19 heavy (non-hydrogen) atoms. The third-order valence-electron chi connectivity index (χ3n) is 2.83. The summed E-state index contributed by atoms with van der Waals surface area (Å²) in [6.45, 7) is 3.46. The van der Waals surface area contributed by atoms with Crippen molar-refractivity contribution < 1.29 is 22.6 Å². The largest absolute Gasteiger partial charge is 0.472 e. The topological polar surface area (TPSA) is 44.2 Å². The zero-order valence-electron chi connectivity index (χ0n) is 10.7. The minimum atomic E-state index is -4.30. The van der Waals surface area contributed by atoms with E-state index in [0.717, 1.165) is 5.69 Å². The summed E-state index contributed by atoms with van der Waals surface area (Å²) in [6.07, 6.45) is -6.16. The van der Waals surface area contributed by atoms with Crippen LogP contribution in [0, 0.1) is 13.8 Å². The highest BCUT2D eigenvalue weighted by molar-refractivity contribution is 5.15. The Morgan fingerprint density at radius 1 is 1.26 bits per heavy atom. The van der Waals surface area contributed by atoms with Crippen LogP contribution in [-0.2, 0) is 4.74 Å². The third-order valence-corrected chi connectivity index (χ3v) is 2.83. The van der Waals surface area contributed by atoms with Gasteiger partial charge in [0, 0.05) is 11.8 Å². The molecule has 0 amide bonds. The van der Waals surface area contributed by atoms with Crippen LogP contribution in [0.3, 0.4) is 0 Å². The molecule has 106 valence electrons. The van der Waals surface area contributed by atoms with Gasteiger partial charge in [0.15, 0.2) is 6.10 Å². The van der Waals surface area contributed by atoms with Gasteiger partial charge in [-0.2, -0.15) is 18.2 Å². The van der Waals surface area contributed by atoms with Crippen LogP contribution in [0.4, 0.5) is 13.2 Å². The van der Waals surface area contributed by atoms with Gasteiger partial charge in [-0.25, -0.2) is 4.98 Å². The molecule has 0 aromatic carbocycles. The van der Waals surface area contributed by atoms with Crippen LogP contribution in [0.15, 0.2) is 6.07 Å². The van der Waals surface area contributed by atoms with Crippen molar-refractivity contribution in [3.05, 3.63) is 17.6 Å². The lowest BCUT2D eigenvalue weighted by molar-refractivity contribution is -0.238. The van der Waals surface area contributed by atoms with Crippen molar-refractivity contribution in [1.82, 2.24) is 9.97 Å². The molecule has 2 heterocycles. The fourth-order valence-corrected chi connectivity index (χ4v) is 1.99. The van der Waals surface area contributed by atoms with Crippen molar-refractivity contribution in [3.8, 4) is 5.88 Å². The van der Waals surface area contributed by atoms with Gasteiger partial charge in [0.2, 0.25) is 5.88 Å². The van der Waals surface area contributed by atoms with Crippen LogP contribution in [0.2, 0.25) is 0 Å². The zero-order chi connectivity index (χ0) is 14.0. The summed E-state index contributed by atoms with van der Waals surface area (Å²) < 4.78 is 47.6. The lowest BCUT2D eigenvalue weighted by atomic mass is 10.1. The van der Waals surface area contributed by atoms with Gasteiger partial charge in [0.1, 0.15) is 11.9 Å². The van der Waals surface area contributed by atoms with Crippen molar-refractivity contribution in [2.24, 2.45) is 0 Å². The first-order chi connectivity index (χ1) is 8.84. The molecule has 7 heteroatoms. The minimum absolute atomic E-state index is 0.0771. The maximum absolute atomic E-state index is 12.4. The molecular weight excluding hydrogens is 261 g/mol. The fourth-order valence-electron chi connectivity index (χ4n) is 1.99. The van der Waals surface area contributed by atoms with Crippen molar-refractivity contribution >= 4 is 0 Å². The number of ether oxygens (including phenoxy) is 2. The van der Waals surface area contributed by atoms with Crippen molar-refractivity contribution in [3.63, 3.8) is 0 Å². The molecule has 0 bridgehead atoms. The summed E-state index contributed by atoms with van der Waals surface area (Å²) in [4.78, 5) is 8.19. The number of alkyl halides is 3. The second kappa shape index (κ2) is 5.32. The van der Waals surface area contributed by atoms with E-state index in [9.17, 15) is 13.2 Å². The van der Waals surface area contributed by atoms with Gasteiger partial charge >= 0.3 is 6.18 Å². The summed E-state index contributed by atoms with van der Waals surface area (Å²) in [5, 5.41) is 0. The number of nitrogens with zero attached hydrogens (tertiary/aromatic N) is 2. The molecule has 2 unspecified atom stereocenters. The van der Waals surface area contributed by atoms with Crippen LogP contribution in [0.25, 0.3) is 0 Å². The van der Waals surface area contributed by atoms with E-state index in [1.165, 1.54) is 0 Å². The molecule has 2 atom stereocenters. The van der Waals surface area contributed by atoms with E-state index in [0.29, 0.717) is 18.1 Å². The Morgan fingerprint density at radius 3 is 2.53 bits per heavy atom. The lowest BCUT2D eigenvalue weighted by Crippen LogP contribution is -2.41. The molecule has 1 aliphatic rings. The van der Waals surface area contributed by atoms with Gasteiger partial charge in [-0.15, -0.1) is 0 Å². The molecule has 0 aliphatic carbocycles. The first-order valence-electron chi connectivity index (χ1n) is 6.02. The average molecular weight is 276 g/mol. The van der Waals surface area contributed by atoms with Crippen molar-refractivity contribution in [2.45, 2.75) is 45.1 Å². The Kier molecular flexibility index (Phi) is 3.93. The number of aryl methyl sites for hydroxylation is 2. The van der Waals surface area contributed by atoms with E-state index >= 15 is 0 Å². The highest BCUT2D eigenvalue weighted by Gasteiger charge is 2.43. The van der Waals surface area contributed by atoms with E-state index in [4.69, 9.17) is 9.47 Å². The molecule has 1 aromatic heterocycles. The van der Waals surface area contributed by atoms with Crippen LogP contribution in [-0.4, -0.2) is 35.0 Å². The number of hydrogen-bond acceptors (Lipinski definition) is 4. The SMILES string of the molecule is Cc1cc(OC2CCC(C(F)(F)F)OC2)nc(C)n1. The number of aromatic nitrogens is 2. The number of halogens is 3. The molecule has 4 nitrogen and oxygen atoms in total. The molecule has 1 aliphatic heterocycles. The number of hydrogen-bond donors (Lipinski definition) is 0. The Bertz CT molecular complexity index is 423. The van der Waals surface area contributed by atoms with E-state index < -0.39 is 18.4 Å². The van der Waals surface area contributed by atoms with Crippen LogP contribution >= 0.6 is 0 Å². The molecule has 2 rings (SSSR count).